The lowest BCUT2D eigenvalue weighted by atomic mass is 9.88. The Balaban J connectivity index is 0.700. The number of benzene rings is 3. The Hall–Kier alpha value is -6.90. The number of oxazole rings is 1. The molecule has 10 rings (SSSR count). The zero-order valence-corrected chi connectivity index (χ0v) is 36.8. The highest BCUT2D eigenvalue weighted by Crippen LogP contribution is 2.34. The molecule has 4 aromatic heterocycles. The number of rotatable bonds is 10. The van der Waals surface area contributed by atoms with E-state index in [1.54, 1.807) is 4.90 Å². The zero-order valence-electron chi connectivity index (χ0n) is 36.8. The van der Waals surface area contributed by atoms with Gasteiger partial charge in [0.25, 0.3) is 5.91 Å². The first-order valence-corrected chi connectivity index (χ1v) is 22.6. The number of fused-ring (bicyclic) bond motifs is 2. The highest BCUT2D eigenvalue weighted by Gasteiger charge is 2.32. The second kappa shape index (κ2) is 17.6. The van der Waals surface area contributed by atoms with Crippen molar-refractivity contribution < 1.29 is 18.8 Å². The average molecular weight is 872 g/mol. The Kier molecular flexibility index (Phi) is 11.4. The number of hydrogen-bond donors (Lipinski definition) is 2. The number of aryl methyl sites for hydroxylation is 1. The van der Waals surface area contributed by atoms with Crippen molar-refractivity contribution in [3.63, 3.8) is 0 Å². The number of carbonyl (C=O) groups excluding carboxylic acids is 3. The molecule has 3 fully saturated rings. The largest absolute Gasteiger partial charge is 0.420 e. The highest BCUT2D eigenvalue weighted by atomic mass is 16.4. The second-order valence-corrected chi connectivity index (χ2v) is 17.9. The quantitative estimate of drug-likeness (QED) is 0.135. The number of anilines is 2. The van der Waals surface area contributed by atoms with Gasteiger partial charge in [-0.2, -0.15) is 0 Å². The van der Waals surface area contributed by atoms with E-state index in [9.17, 15) is 19.2 Å². The SMILES string of the molecule is CN(C(=O)c1ccc(C2CCN(Cc3cc4c(-c5ccc(N)nc5)ccnc4n3C)CC2)cc1)c1ccc(C2CCN(Cc3ccc4c(c3)oc(=O)n4C3CCC(=O)NC3=O)CC2)cc1. The van der Waals surface area contributed by atoms with Gasteiger partial charge in [-0.05, 0) is 153 Å². The van der Waals surface area contributed by atoms with Crippen LogP contribution in [-0.4, -0.2) is 79.9 Å². The number of likely N-dealkylation sites (tertiary alicyclic amines) is 2. The highest BCUT2D eigenvalue weighted by molar-refractivity contribution is 6.05. The van der Waals surface area contributed by atoms with E-state index < -0.39 is 17.7 Å². The molecule has 65 heavy (non-hydrogen) atoms. The van der Waals surface area contributed by atoms with Crippen LogP contribution in [0.15, 0.2) is 113 Å². The van der Waals surface area contributed by atoms with E-state index in [-0.39, 0.29) is 24.7 Å². The number of aromatic nitrogens is 4. The van der Waals surface area contributed by atoms with E-state index in [0.717, 1.165) is 98.4 Å². The summed E-state index contributed by atoms with van der Waals surface area (Å²) >= 11 is 0. The van der Waals surface area contributed by atoms with Crippen LogP contribution >= 0.6 is 0 Å². The standard InChI is InChI=1S/C51H53N9O5/c1-56-40(28-42-41(17-22-53-48(42)56)38-10-15-46(52)54-29-38)31-59-25-20-35(21-26-59)33-4-6-37(7-5-33)50(63)57(2)39-11-8-34(9-12-39)36-18-23-58(24-19-36)30-32-3-13-43-45(27-32)65-51(64)60(43)44-14-16-47(61)55-49(44)62/h3-13,15,17,22,27-29,35-36,44H,14,16,18-21,23-26,30-31H2,1-2H3,(H2,52,54)(H,55,61,62). The van der Waals surface area contributed by atoms with Gasteiger partial charge in [-0.1, -0.05) is 30.3 Å². The lowest BCUT2D eigenvalue weighted by molar-refractivity contribution is -0.135. The molecule has 14 nitrogen and oxygen atoms in total. The van der Waals surface area contributed by atoms with Gasteiger partial charge in [-0.3, -0.25) is 34.1 Å². The van der Waals surface area contributed by atoms with Crippen molar-refractivity contribution in [2.24, 2.45) is 7.05 Å². The Morgan fingerprint density at radius 1 is 0.800 bits per heavy atom. The van der Waals surface area contributed by atoms with E-state index in [2.05, 4.69) is 74.2 Å². The molecule has 7 heterocycles. The molecule has 332 valence electrons. The lowest BCUT2D eigenvalue weighted by Gasteiger charge is -2.32. The van der Waals surface area contributed by atoms with Gasteiger partial charge in [0.1, 0.15) is 17.5 Å². The van der Waals surface area contributed by atoms with Crippen LogP contribution in [0.5, 0.6) is 0 Å². The Morgan fingerprint density at radius 3 is 2.14 bits per heavy atom. The Bertz CT molecular complexity index is 2960. The maximum Gasteiger partial charge on any atom is 0.420 e. The first-order valence-electron chi connectivity index (χ1n) is 22.6. The topological polar surface area (TPSA) is 165 Å². The maximum absolute atomic E-state index is 13.7. The molecule has 3 N–H and O–H groups in total. The average Bonchev–Trinajstić information content (AvgIpc) is 3.83. The van der Waals surface area contributed by atoms with Crippen LogP contribution in [0.25, 0.3) is 33.3 Å². The first kappa shape index (κ1) is 42.1. The van der Waals surface area contributed by atoms with E-state index in [1.165, 1.54) is 21.4 Å². The monoisotopic (exact) mass is 871 g/mol. The molecule has 0 radical (unpaired) electrons. The molecular formula is C51H53N9O5. The molecule has 1 atom stereocenters. The number of nitrogen functional groups attached to an aromatic ring is 1. The fourth-order valence-corrected chi connectivity index (χ4v) is 10.2. The number of piperidine rings is 3. The van der Waals surface area contributed by atoms with Crippen LogP contribution < -0.4 is 21.7 Å². The number of amides is 3. The molecule has 0 aliphatic carbocycles. The van der Waals surface area contributed by atoms with E-state index in [1.807, 2.05) is 68.0 Å². The van der Waals surface area contributed by atoms with Gasteiger partial charge in [0.2, 0.25) is 11.8 Å². The van der Waals surface area contributed by atoms with Crippen molar-refractivity contribution in [2.75, 3.05) is 43.9 Å². The Morgan fingerprint density at radius 2 is 1.48 bits per heavy atom. The van der Waals surface area contributed by atoms with Crippen LogP contribution in [-0.2, 0) is 29.7 Å². The van der Waals surface area contributed by atoms with Crippen molar-refractivity contribution in [1.82, 2.24) is 34.2 Å². The third-order valence-electron chi connectivity index (χ3n) is 14.0. The van der Waals surface area contributed by atoms with Crippen molar-refractivity contribution in [3.8, 4) is 11.1 Å². The summed E-state index contributed by atoms with van der Waals surface area (Å²) in [7, 11) is 3.93. The molecule has 14 heteroatoms. The smallest absolute Gasteiger partial charge is 0.408 e. The van der Waals surface area contributed by atoms with Crippen molar-refractivity contribution in [1.29, 1.82) is 0 Å². The number of hydrogen-bond acceptors (Lipinski definition) is 10. The minimum atomic E-state index is -0.761. The van der Waals surface area contributed by atoms with Gasteiger partial charge in [0, 0.05) is 73.9 Å². The van der Waals surface area contributed by atoms with Gasteiger partial charge in [-0.25, -0.2) is 14.8 Å². The first-order chi connectivity index (χ1) is 31.6. The van der Waals surface area contributed by atoms with Gasteiger partial charge in [-0.15, -0.1) is 0 Å². The molecule has 3 saturated heterocycles. The summed E-state index contributed by atoms with van der Waals surface area (Å²) in [5, 5.41) is 3.44. The van der Waals surface area contributed by atoms with E-state index in [0.29, 0.717) is 34.3 Å². The van der Waals surface area contributed by atoms with Gasteiger partial charge in [0.05, 0.1) is 5.52 Å². The van der Waals surface area contributed by atoms with Crippen LogP contribution in [0, 0.1) is 0 Å². The van der Waals surface area contributed by atoms with E-state index >= 15 is 0 Å². The number of nitrogens with two attached hydrogens (primary N) is 1. The number of carbonyl (C=O) groups is 3. The van der Waals surface area contributed by atoms with E-state index in [4.69, 9.17) is 15.1 Å². The summed E-state index contributed by atoms with van der Waals surface area (Å²) in [6.45, 7) is 5.42. The molecular weight excluding hydrogens is 819 g/mol. The van der Waals surface area contributed by atoms with Gasteiger partial charge in [0.15, 0.2) is 5.58 Å². The second-order valence-electron chi connectivity index (χ2n) is 17.9. The molecule has 0 bridgehead atoms. The molecule has 0 saturated carbocycles. The van der Waals surface area contributed by atoms with Crippen LogP contribution in [0.3, 0.4) is 0 Å². The third kappa shape index (κ3) is 8.47. The molecule has 3 aromatic carbocycles. The number of nitrogens with one attached hydrogen (secondary N) is 1. The maximum atomic E-state index is 13.7. The summed E-state index contributed by atoms with van der Waals surface area (Å²) in [6, 6.07) is 29.7. The van der Waals surface area contributed by atoms with Crippen molar-refractivity contribution in [3.05, 3.63) is 142 Å². The third-order valence-corrected chi connectivity index (χ3v) is 14.0. The summed E-state index contributed by atoms with van der Waals surface area (Å²) < 4.78 is 9.12. The van der Waals surface area contributed by atoms with Crippen LogP contribution in [0.2, 0.25) is 0 Å². The number of pyridine rings is 2. The van der Waals surface area contributed by atoms with Crippen LogP contribution in [0.1, 0.15) is 89.1 Å². The number of imide groups is 1. The van der Waals surface area contributed by atoms with Gasteiger partial charge >= 0.3 is 5.76 Å². The molecule has 3 amide bonds. The summed E-state index contributed by atoms with van der Waals surface area (Å²) in [5.74, 6) is -0.0471. The number of nitrogens with zero attached hydrogens (tertiary/aromatic N) is 7. The molecule has 7 aromatic rings. The summed E-state index contributed by atoms with van der Waals surface area (Å²) in [4.78, 5) is 66.2. The fraction of sp³-hybridized carbons (Fsp3) is 0.333. The normalized spacial score (nSPS) is 18.1. The lowest BCUT2D eigenvalue weighted by Crippen LogP contribution is -2.43. The summed E-state index contributed by atoms with van der Waals surface area (Å²) in [6.07, 6.45) is 8.27. The summed E-state index contributed by atoms with van der Waals surface area (Å²) in [5.41, 5.74) is 16.3. The molecule has 0 spiro atoms. The predicted molar refractivity (Wildman–Crippen MR) is 250 cm³/mol. The minimum Gasteiger partial charge on any atom is -0.408 e. The molecule has 1 unspecified atom stereocenters. The fourth-order valence-electron chi connectivity index (χ4n) is 10.2. The minimum absolute atomic E-state index is 0.0299. The zero-order chi connectivity index (χ0) is 44.8. The van der Waals surface area contributed by atoms with Gasteiger partial charge < -0.3 is 19.6 Å². The van der Waals surface area contributed by atoms with Crippen LogP contribution in [0.4, 0.5) is 11.5 Å². The van der Waals surface area contributed by atoms with Crippen molar-refractivity contribution in [2.45, 2.75) is 69.5 Å². The van der Waals surface area contributed by atoms with Crippen molar-refractivity contribution >= 4 is 51.4 Å². The molecule has 3 aliphatic rings. The predicted octanol–water partition coefficient (Wildman–Crippen LogP) is 7.14. The Labute approximate surface area is 376 Å². The molecule has 3 aliphatic heterocycles.